The van der Waals surface area contributed by atoms with Gasteiger partial charge in [0.15, 0.2) is 0 Å². The van der Waals surface area contributed by atoms with Gasteiger partial charge in [0.2, 0.25) is 0 Å². The molecule has 7 heteroatoms. The highest BCUT2D eigenvalue weighted by molar-refractivity contribution is 6.04. The van der Waals surface area contributed by atoms with Crippen molar-refractivity contribution < 1.29 is 23.9 Å². The van der Waals surface area contributed by atoms with Crippen LogP contribution in [0, 0.1) is 0 Å². The molecule has 0 spiro atoms. The van der Waals surface area contributed by atoms with E-state index in [0.29, 0.717) is 17.9 Å². The summed E-state index contributed by atoms with van der Waals surface area (Å²) in [7, 11) is 3.09. The first-order chi connectivity index (χ1) is 11.7. The Hall–Kier alpha value is -2.12. The molecule has 0 bridgehead atoms. The quantitative estimate of drug-likeness (QED) is 0.426. The second kappa shape index (κ2) is 9.89. The van der Waals surface area contributed by atoms with Crippen LogP contribution in [0.2, 0.25) is 0 Å². The minimum absolute atomic E-state index is 0.243. The lowest BCUT2D eigenvalue weighted by atomic mass is 10.2. The predicted octanol–water partition coefficient (Wildman–Crippen LogP) is -0.267. The first-order valence-electron chi connectivity index (χ1n) is 8.18. The summed E-state index contributed by atoms with van der Waals surface area (Å²) >= 11 is 0. The Bertz CT molecular complexity index is 539. The number of benzene rings is 1. The van der Waals surface area contributed by atoms with Crippen LogP contribution in [0.25, 0.3) is 0 Å². The van der Waals surface area contributed by atoms with Crippen LogP contribution in [0.1, 0.15) is 16.8 Å². The lowest BCUT2D eigenvalue weighted by Crippen LogP contribution is -3.14. The lowest BCUT2D eigenvalue weighted by Gasteiger charge is -2.23. The van der Waals surface area contributed by atoms with Crippen LogP contribution >= 0.6 is 0 Å². The number of hydrogen-bond acceptors (Lipinski definition) is 5. The van der Waals surface area contributed by atoms with E-state index in [2.05, 4.69) is 10.3 Å². The summed E-state index contributed by atoms with van der Waals surface area (Å²) in [5, 5.41) is 2.68. The first kappa shape index (κ1) is 18.2. The van der Waals surface area contributed by atoms with E-state index in [9.17, 15) is 4.79 Å². The first-order valence-corrected chi connectivity index (χ1v) is 8.18. The van der Waals surface area contributed by atoms with Crippen LogP contribution in [0.5, 0.6) is 5.75 Å². The van der Waals surface area contributed by atoms with Gasteiger partial charge in [0.1, 0.15) is 18.8 Å². The number of hydrogen-bond donors (Lipinski definition) is 2. The molecular weight excluding hydrogens is 310 g/mol. The zero-order valence-corrected chi connectivity index (χ0v) is 14.3. The summed E-state index contributed by atoms with van der Waals surface area (Å²) in [4.78, 5) is 18.0. The zero-order chi connectivity index (χ0) is 17.2. The molecule has 2 N–H and O–H groups in total. The lowest BCUT2D eigenvalue weighted by molar-refractivity contribution is -0.908. The number of amidine groups is 1. The van der Waals surface area contributed by atoms with Crippen LogP contribution in [0.15, 0.2) is 29.3 Å². The van der Waals surface area contributed by atoms with Crippen molar-refractivity contribution >= 4 is 11.9 Å². The molecule has 0 aromatic heterocycles. The minimum Gasteiger partial charge on any atom is -0.497 e. The van der Waals surface area contributed by atoms with Crippen molar-refractivity contribution in [2.75, 3.05) is 53.6 Å². The summed E-state index contributed by atoms with van der Waals surface area (Å²) in [5.74, 6) is 0.454. The predicted molar refractivity (Wildman–Crippen MR) is 90.8 cm³/mol. The molecule has 1 saturated heterocycles. The molecule has 24 heavy (non-hydrogen) atoms. The average Bonchev–Trinajstić information content (AvgIpc) is 2.65. The zero-order valence-electron chi connectivity index (χ0n) is 14.3. The molecular formula is C17H26N3O4+. The van der Waals surface area contributed by atoms with E-state index in [4.69, 9.17) is 14.2 Å². The van der Waals surface area contributed by atoms with E-state index in [1.165, 1.54) is 12.0 Å². The number of amides is 1. The maximum Gasteiger partial charge on any atom is 0.291 e. The van der Waals surface area contributed by atoms with Gasteiger partial charge in [-0.3, -0.25) is 10.1 Å². The molecule has 0 unspecified atom stereocenters. The van der Waals surface area contributed by atoms with Gasteiger partial charge in [-0.1, -0.05) is 0 Å². The number of aliphatic imine (C=N–C) groups is 1. The third-order valence-electron chi connectivity index (χ3n) is 3.91. The molecule has 1 aromatic carbocycles. The fourth-order valence-electron chi connectivity index (χ4n) is 2.49. The van der Waals surface area contributed by atoms with Crippen molar-refractivity contribution in [1.29, 1.82) is 0 Å². The highest BCUT2D eigenvalue weighted by Gasteiger charge is 2.13. The second-order valence-corrected chi connectivity index (χ2v) is 5.54. The molecule has 1 amide bonds. The maximum atomic E-state index is 12.2. The van der Waals surface area contributed by atoms with Crippen molar-refractivity contribution in [2.24, 2.45) is 4.99 Å². The molecule has 1 fully saturated rings. The highest BCUT2D eigenvalue weighted by atomic mass is 16.5. The second-order valence-electron chi connectivity index (χ2n) is 5.54. The number of nitrogens with one attached hydrogen (secondary N) is 2. The fraction of sp³-hybridized carbons (Fsp3) is 0.529. The van der Waals surface area contributed by atoms with Gasteiger partial charge in [0, 0.05) is 18.5 Å². The largest absolute Gasteiger partial charge is 0.497 e. The van der Waals surface area contributed by atoms with Crippen LogP contribution in [-0.2, 0) is 9.47 Å². The standard InChI is InChI=1S/C17H25N3O4/c1-22-15-6-4-14(5-7-15)16(21)19-17(23-2)18-8-3-9-20-10-12-24-13-11-20/h4-7H,3,8-13H2,1-2H3,(H,18,19,21)/p+1. The molecule has 1 aliphatic heterocycles. The number of carbonyl (C=O) groups excluding carboxylic acids is 1. The molecule has 0 aliphatic carbocycles. The van der Waals surface area contributed by atoms with Crippen LogP contribution in [0.4, 0.5) is 0 Å². The topological polar surface area (TPSA) is 73.6 Å². The summed E-state index contributed by atoms with van der Waals surface area (Å²) in [6, 6.07) is 7.12. The minimum atomic E-state index is -0.253. The van der Waals surface area contributed by atoms with Gasteiger partial charge >= 0.3 is 0 Å². The van der Waals surface area contributed by atoms with Gasteiger partial charge in [-0.2, -0.15) is 0 Å². The van der Waals surface area contributed by atoms with Crippen molar-refractivity contribution in [3.05, 3.63) is 29.8 Å². The van der Waals surface area contributed by atoms with E-state index in [1.807, 2.05) is 0 Å². The number of rotatable bonds is 6. The SMILES string of the molecule is COC(=NCCC[NH+]1CCOCC1)NC(=O)c1ccc(OC)cc1. The molecule has 2 rings (SSSR count). The Morgan fingerprint density at radius 2 is 1.96 bits per heavy atom. The molecule has 1 aromatic rings. The van der Waals surface area contributed by atoms with Crippen LogP contribution < -0.4 is 15.0 Å². The number of ether oxygens (including phenoxy) is 3. The Labute approximate surface area is 142 Å². The Balaban J connectivity index is 1.77. The van der Waals surface area contributed by atoms with E-state index in [1.54, 1.807) is 31.4 Å². The maximum absolute atomic E-state index is 12.2. The molecule has 0 radical (unpaired) electrons. The van der Waals surface area contributed by atoms with E-state index in [-0.39, 0.29) is 11.9 Å². The Kier molecular flexibility index (Phi) is 7.51. The van der Waals surface area contributed by atoms with E-state index in [0.717, 1.165) is 39.3 Å². The Morgan fingerprint density at radius 1 is 1.25 bits per heavy atom. The molecule has 1 aliphatic rings. The molecule has 7 nitrogen and oxygen atoms in total. The van der Waals surface area contributed by atoms with Gasteiger partial charge in [-0.25, -0.2) is 4.99 Å². The third-order valence-corrected chi connectivity index (χ3v) is 3.91. The highest BCUT2D eigenvalue weighted by Crippen LogP contribution is 2.11. The number of quaternary nitrogens is 1. The number of carbonyl (C=O) groups is 1. The van der Waals surface area contributed by atoms with Crippen LogP contribution in [0.3, 0.4) is 0 Å². The van der Waals surface area contributed by atoms with Crippen molar-refractivity contribution in [3.8, 4) is 5.75 Å². The summed E-state index contributed by atoms with van der Waals surface area (Å²) < 4.78 is 15.6. The summed E-state index contributed by atoms with van der Waals surface area (Å²) in [6.07, 6.45) is 0.945. The van der Waals surface area contributed by atoms with Crippen molar-refractivity contribution in [2.45, 2.75) is 6.42 Å². The monoisotopic (exact) mass is 336 g/mol. The number of morpholine rings is 1. The fourth-order valence-corrected chi connectivity index (χ4v) is 2.49. The smallest absolute Gasteiger partial charge is 0.291 e. The summed E-state index contributed by atoms with van der Waals surface area (Å²) in [6.45, 7) is 5.44. The van der Waals surface area contributed by atoms with Gasteiger partial charge in [0.05, 0.1) is 34.0 Å². The van der Waals surface area contributed by atoms with Gasteiger partial charge in [0.25, 0.3) is 11.9 Å². The third kappa shape index (κ3) is 5.82. The molecule has 1 heterocycles. The van der Waals surface area contributed by atoms with Crippen molar-refractivity contribution in [1.82, 2.24) is 5.32 Å². The van der Waals surface area contributed by atoms with E-state index < -0.39 is 0 Å². The van der Waals surface area contributed by atoms with Gasteiger partial charge < -0.3 is 19.1 Å². The van der Waals surface area contributed by atoms with Crippen LogP contribution in [-0.4, -0.2) is 65.5 Å². The van der Waals surface area contributed by atoms with Crippen molar-refractivity contribution in [3.63, 3.8) is 0 Å². The average molecular weight is 336 g/mol. The van der Waals surface area contributed by atoms with E-state index >= 15 is 0 Å². The number of nitrogens with zero attached hydrogens (tertiary/aromatic N) is 1. The van der Waals surface area contributed by atoms with Gasteiger partial charge in [-0.05, 0) is 24.3 Å². The molecule has 0 saturated carbocycles. The Morgan fingerprint density at radius 3 is 2.58 bits per heavy atom. The molecule has 0 atom stereocenters. The normalized spacial score (nSPS) is 15.8. The number of methoxy groups -OCH3 is 2. The van der Waals surface area contributed by atoms with Gasteiger partial charge in [-0.15, -0.1) is 0 Å². The molecule has 132 valence electrons. The summed E-state index contributed by atoms with van der Waals surface area (Å²) in [5.41, 5.74) is 0.526.